The van der Waals surface area contributed by atoms with E-state index in [-0.39, 0.29) is 35.0 Å². The molecule has 2 heterocycles. The second kappa shape index (κ2) is 12.3. The maximum absolute atomic E-state index is 14.6. The lowest BCUT2D eigenvalue weighted by atomic mass is 9.77. The number of carbonyl (C=O) groups excluding carboxylic acids is 1. The van der Waals surface area contributed by atoms with Crippen LogP contribution in [0, 0.1) is 19.8 Å². The molecule has 6 rings (SSSR count). The van der Waals surface area contributed by atoms with Crippen molar-refractivity contribution < 1.29 is 21.6 Å². The van der Waals surface area contributed by atoms with Gasteiger partial charge in [-0.3, -0.25) is 4.79 Å². The molecular weight excluding hydrogens is 651 g/mol. The van der Waals surface area contributed by atoms with Gasteiger partial charge in [0.25, 0.3) is 0 Å². The number of ketones is 1. The van der Waals surface area contributed by atoms with E-state index in [4.69, 9.17) is 23.2 Å². The Labute approximate surface area is 274 Å². The second-order valence-corrected chi connectivity index (χ2v) is 16.4. The Hall–Kier alpha value is -3.05. The van der Waals surface area contributed by atoms with Gasteiger partial charge >= 0.3 is 0 Å². The third-order valence-electron chi connectivity index (χ3n) is 8.81. The highest BCUT2D eigenvalue weighted by Gasteiger charge is 2.54. The summed E-state index contributed by atoms with van der Waals surface area (Å²) in [6.07, 6.45) is -0.0334. The van der Waals surface area contributed by atoms with Gasteiger partial charge < -0.3 is 0 Å². The first-order chi connectivity index (χ1) is 21.4. The molecule has 11 heteroatoms. The Morgan fingerprint density at radius 2 is 1.24 bits per heavy atom. The lowest BCUT2D eigenvalue weighted by Crippen LogP contribution is -2.60. The van der Waals surface area contributed by atoms with Crippen molar-refractivity contribution in [2.45, 2.75) is 54.6 Å². The van der Waals surface area contributed by atoms with Gasteiger partial charge in [0.05, 0.1) is 21.9 Å². The van der Waals surface area contributed by atoms with Crippen LogP contribution in [-0.2, 0) is 24.8 Å². The number of aryl methyl sites for hydroxylation is 2. The number of sulfonamides is 2. The zero-order valence-electron chi connectivity index (χ0n) is 24.7. The lowest BCUT2D eigenvalue weighted by Gasteiger charge is -2.51. The Morgan fingerprint density at radius 1 is 0.667 bits per heavy atom. The van der Waals surface area contributed by atoms with E-state index in [2.05, 4.69) is 0 Å². The number of benzene rings is 4. The van der Waals surface area contributed by atoms with Gasteiger partial charge in [0.1, 0.15) is 5.78 Å². The molecule has 2 saturated heterocycles. The average molecular weight is 684 g/mol. The van der Waals surface area contributed by atoms with Gasteiger partial charge in [-0.25, -0.2) is 16.8 Å². The summed E-state index contributed by atoms with van der Waals surface area (Å²) in [5.74, 6) is -1.06. The van der Waals surface area contributed by atoms with Gasteiger partial charge in [0.15, 0.2) is 0 Å². The van der Waals surface area contributed by atoms with Crippen LogP contribution < -0.4 is 0 Å². The Bertz CT molecular complexity index is 1950. The normalized spacial score (nSPS) is 23.1. The van der Waals surface area contributed by atoms with E-state index in [0.717, 1.165) is 11.1 Å². The summed E-state index contributed by atoms with van der Waals surface area (Å²) in [5.41, 5.74) is 3.22. The summed E-state index contributed by atoms with van der Waals surface area (Å²) in [4.78, 5) is 14.2. The van der Waals surface area contributed by atoms with Crippen molar-refractivity contribution in [1.29, 1.82) is 0 Å². The van der Waals surface area contributed by atoms with E-state index < -0.39 is 44.1 Å². The molecule has 45 heavy (non-hydrogen) atoms. The molecule has 0 aromatic heterocycles. The molecule has 234 valence electrons. The molecule has 4 aromatic carbocycles. The number of nitrogens with zero attached hydrogens (tertiary/aromatic N) is 2. The monoisotopic (exact) mass is 682 g/mol. The van der Waals surface area contributed by atoms with Gasteiger partial charge in [0, 0.05) is 35.0 Å². The van der Waals surface area contributed by atoms with Crippen molar-refractivity contribution in [2.24, 2.45) is 5.92 Å². The fourth-order valence-corrected chi connectivity index (χ4v) is 10.3. The van der Waals surface area contributed by atoms with Gasteiger partial charge in [-0.15, -0.1) is 0 Å². The van der Waals surface area contributed by atoms with Crippen molar-refractivity contribution in [2.75, 3.05) is 6.54 Å². The maximum atomic E-state index is 14.6. The van der Waals surface area contributed by atoms with Crippen LogP contribution in [0.25, 0.3) is 0 Å². The first-order valence-electron chi connectivity index (χ1n) is 14.6. The van der Waals surface area contributed by atoms with Crippen LogP contribution in [0.2, 0.25) is 10.0 Å². The van der Waals surface area contributed by atoms with Gasteiger partial charge in [0.2, 0.25) is 20.0 Å². The number of fused-ring (bicyclic) bond motifs is 1. The van der Waals surface area contributed by atoms with E-state index in [9.17, 15) is 21.6 Å². The molecule has 1 unspecified atom stereocenters. The van der Waals surface area contributed by atoms with Crippen LogP contribution in [0.5, 0.6) is 0 Å². The summed E-state index contributed by atoms with van der Waals surface area (Å²) < 4.78 is 60.4. The van der Waals surface area contributed by atoms with Crippen molar-refractivity contribution >= 4 is 49.0 Å². The predicted molar refractivity (Wildman–Crippen MR) is 175 cm³/mol. The van der Waals surface area contributed by atoms with Crippen molar-refractivity contribution in [3.8, 4) is 0 Å². The van der Waals surface area contributed by atoms with Crippen molar-refractivity contribution in [3.05, 3.63) is 129 Å². The molecule has 0 radical (unpaired) electrons. The van der Waals surface area contributed by atoms with Gasteiger partial charge in [-0.2, -0.15) is 8.61 Å². The van der Waals surface area contributed by atoms with Crippen LogP contribution in [0.15, 0.2) is 107 Å². The summed E-state index contributed by atoms with van der Waals surface area (Å²) >= 11 is 12.5. The van der Waals surface area contributed by atoms with Crippen LogP contribution in [-0.4, -0.2) is 43.8 Å². The highest BCUT2D eigenvalue weighted by atomic mass is 35.5. The topological polar surface area (TPSA) is 91.8 Å². The molecule has 0 bridgehead atoms. The minimum Gasteiger partial charge on any atom is -0.299 e. The third-order valence-corrected chi connectivity index (χ3v) is 13.1. The van der Waals surface area contributed by atoms with Crippen molar-refractivity contribution in [3.63, 3.8) is 0 Å². The molecule has 2 aliphatic rings. The number of carbonyl (C=O) groups is 1. The first-order valence-corrected chi connectivity index (χ1v) is 18.2. The van der Waals surface area contributed by atoms with Crippen LogP contribution >= 0.6 is 23.2 Å². The standard InChI is InChI=1S/C34H32Cl2N2O5S2/c1-22-6-10-24(11-7-22)32-20-34(39)30-21-37(44(40,41)28-14-8-23(2)9-15-28)31(25-4-3-5-27(36)18-25)19-33(30)38(32)45(42,43)29-16-12-26(35)13-17-29/h3-18,30-33H,19-21H2,1-2H3/t30-,31?,32+,33+/m1/s1. The number of halogens is 2. The smallest absolute Gasteiger partial charge is 0.243 e. The average Bonchev–Trinajstić information content (AvgIpc) is 3.01. The predicted octanol–water partition coefficient (Wildman–Crippen LogP) is 7.14. The van der Waals surface area contributed by atoms with Gasteiger partial charge in [-0.05, 0) is 79.9 Å². The van der Waals surface area contributed by atoms with Crippen LogP contribution in [0.3, 0.4) is 0 Å². The zero-order chi connectivity index (χ0) is 32.1. The van der Waals surface area contributed by atoms with Crippen LogP contribution in [0.4, 0.5) is 0 Å². The molecular formula is C34H32Cl2N2O5S2. The van der Waals surface area contributed by atoms with Crippen LogP contribution in [0.1, 0.15) is 47.2 Å². The third kappa shape index (κ3) is 6.10. The second-order valence-electron chi connectivity index (χ2n) is 11.8. The number of rotatable bonds is 6. The van der Waals surface area contributed by atoms with E-state index in [1.165, 1.54) is 32.9 Å². The highest BCUT2D eigenvalue weighted by Crippen LogP contribution is 2.48. The number of piperidine rings is 2. The fraction of sp³-hybridized carbons (Fsp3) is 0.265. The largest absolute Gasteiger partial charge is 0.299 e. The molecule has 2 fully saturated rings. The Morgan fingerprint density at radius 3 is 1.87 bits per heavy atom. The summed E-state index contributed by atoms with van der Waals surface area (Å²) in [6.45, 7) is 3.63. The summed E-state index contributed by atoms with van der Waals surface area (Å²) in [6, 6.07) is 24.5. The zero-order valence-corrected chi connectivity index (χ0v) is 27.8. The minimum absolute atomic E-state index is 0.0473. The fourth-order valence-electron chi connectivity index (χ4n) is 6.47. The number of hydrogen-bond acceptors (Lipinski definition) is 5. The number of hydrogen-bond donors (Lipinski definition) is 0. The summed E-state index contributed by atoms with van der Waals surface area (Å²) in [7, 11) is -8.26. The highest BCUT2D eigenvalue weighted by molar-refractivity contribution is 7.89. The summed E-state index contributed by atoms with van der Waals surface area (Å²) in [5, 5.41) is 0.816. The molecule has 0 saturated carbocycles. The van der Waals surface area contributed by atoms with E-state index in [0.29, 0.717) is 21.2 Å². The van der Waals surface area contributed by atoms with Crippen molar-refractivity contribution in [1.82, 2.24) is 8.61 Å². The SMILES string of the molecule is Cc1ccc([C@@H]2CC(=O)[C@@H]3CN(S(=O)(=O)c4ccc(C)cc4)C(c4cccc(Cl)c4)C[C@@H]3N2S(=O)(=O)c2ccc(Cl)cc2)cc1. The molecule has 0 aliphatic carbocycles. The Balaban J connectivity index is 1.51. The molecule has 0 N–H and O–H groups in total. The number of Topliss-reactive ketones (excluding diaryl/α,β-unsaturated/α-hetero) is 1. The molecule has 4 atom stereocenters. The quantitative estimate of drug-likeness (QED) is 0.216. The molecule has 7 nitrogen and oxygen atoms in total. The van der Waals surface area contributed by atoms with Gasteiger partial charge in [-0.1, -0.05) is 82.9 Å². The minimum atomic E-state index is -4.18. The first kappa shape index (κ1) is 31.9. The maximum Gasteiger partial charge on any atom is 0.243 e. The molecule has 2 aliphatic heterocycles. The molecule has 0 spiro atoms. The molecule has 0 amide bonds. The van der Waals surface area contributed by atoms with E-state index in [1.54, 1.807) is 48.5 Å². The van der Waals surface area contributed by atoms with E-state index in [1.807, 2.05) is 38.1 Å². The Kier molecular flexibility index (Phi) is 8.71. The van der Waals surface area contributed by atoms with E-state index >= 15 is 0 Å². The molecule has 4 aromatic rings. The lowest BCUT2D eigenvalue weighted by molar-refractivity contribution is -0.132.